The molecule has 106 valence electrons. The molecule has 1 rings (SSSR count). The molecule has 18 heavy (non-hydrogen) atoms. The maximum absolute atomic E-state index is 8.65. The van der Waals surface area contributed by atoms with E-state index in [1.54, 1.807) is 6.07 Å². The molecule has 0 amide bonds. The quantitative estimate of drug-likeness (QED) is 0.870. The summed E-state index contributed by atoms with van der Waals surface area (Å²) in [7, 11) is 0. The Balaban J connectivity index is 0. The zero-order valence-corrected chi connectivity index (χ0v) is 11.8. The summed E-state index contributed by atoms with van der Waals surface area (Å²) in [5, 5.41) is 17.3. The summed E-state index contributed by atoms with van der Waals surface area (Å²) < 4.78 is 9.67. The van der Waals surface area contributed by atoms with E-state index in [1.807, 2.05) is 27.7 Å². The summed E-state index contributed by atoms with van der Waals surface area (Å²) in [6.45, 7) is 11.3. The molecule has 0 saturated heterocycles. The van der Waals surface area contributed by atoms with Crippen LogP contribution in [0, 0.1) is 0 Å². The smallest absolute Gasteiger partial charge is 0.119 e. The van der Waals surface area contributed by atoms with Gasteiger partial charge in [-0.2, -0.15) is 0 Å². The van der Waals surface area contributed by atoms with Crippen molar-refractivity contribution in [1.82, 2.24) is 0 Å². The van der Waals surface area contributed by atoms with Crippen molar-refractivity contribution in [2.75, 3.05) is 26.4 Å². The first-order valence-corrected chi connectivity index (χ1v) is 6.25. The Kier molecular flexibility index (Phi) is 16.7. The maximum Gasteiger partial charge on any atom is 0.119 e. The van der Waals surface area contributed by atoms with Gasteiger partial charge in [0.05, 0.1) is 0 Å². The third-order valence-electron chi connectivity index (χ3n) is 1.65. The van der Waals surface area contributed by atoms with E-state index in [0.717, 1.165) is 26.4 Å². The number of aromatic hydroxyl groups is 2. The zero-order chi connectivity index (χ0) is 14.2. The van der Waals surface area contributed by atoms with Crippen LogP contribution in [-0.2, 0) is 9.47 Å². The molecule has 0 unspecified atom stereocenters. The van der Waals surface area contributed by atoms with Crippen LogP contribution in [0.25, 0.3) is 0 Å². The fourth-order valence-electron chi connectivity index (χ4n) is 0.901. The average Bonchev–Trinajstić information content (AvgIpc) is 2.32. The van der Waals surface area contributed by atoms with Gasteiger partial charge in [0.1, 0.15) is 11.5 Å². The monoisotopic (exact) mass is 258 g/mol. The average molecular weight is 258 g/mol. The second kappa shape index (κ2) is 15.7. The summed E-state index contributed by atoms with van der Waals surface area (Å²) in [4.78, 5) is 0. The molecule has 0 atom stereocenters. The molecular weight excluding hydrogens is 232 g/mol. The lowest BCUT2D eigenvalue weighted by Crippen LogP contribution is -1.84. The Bertz CT molecular complexity index is 236. The van der Waals surface area contributed by atoms with E-state index in [-0.39, 0.29) is 11.5 Å². The minimum Gasteiger partial charge on any atom is -0.508 e. The van der Waals surface area contributed by atoms with Gasteiger partial charge in [-0.25, -0.2) is 0 Å². The Hall–Kier alpha value is -1.26. The number of benzene rings is 1. The molecule has 1 aromatic rings. The zero-order valence-electron chi connectivity index (χ0n) is 11.8. The van der Waals surface area contributed by atoms with Crippen molar-refractivity contribution in [2.24, 2.45) is 0 Å². The molecule has 0 aliphatic heterocycles. The molecule has 0 fully saturated rings. The first-order chi connectivity index (χ1) is 8.62. The van der Waals surface area contributed by atoms with Crippen LogP contribution < -0.4 is 0 Å². The lowest BCUT2D eigenvalue weighted by Gasteiger charge is -1.89. The summed E-state index contributed by atoms with van der Waals surface area (Å²) in [5.74, 6) is 0.176. The molecule has 4 nitrogen and oxygen atoms in total. The number of hydrogen-bond donors (Lipinski definition) is 2. The van der Waals surface area contributed by atoms with Gasteiger partial charge in [0.2, 0.25) is 0 Å². The summed E-state index contributed by atoms with van der Waals surface area (Å²) in [5.41, 5.74) is 0. The van der Waals surface area contributed by atoms with Crippen LogP contribution in [0.1, 0.15) is 27.7 Å². The molecule has 0 aromatic heterocycles. The standard InChI is InChI=1S/C6H6O2.2C4H10O/c7-5-2-1-3-6(8)4-5;2*1-3-5-4-2/h1-4,7-8H;2*3-4H2,1-2H3. The van der Waals surface area contributed by atoms with Gasteiger partial charge in [0.25, 0.3) is 0 Å². The number of hydrogen-bond acceptors (Lipinski definition) is 4. The van der Waals surface area contributed by atoms with E-state index in [2.05, 4.69) is 0 Å². The second-order valence-corrected chi connectivity index (χ2v) is 3.08. The predicted molar refractivity (Wildman–Crippen MR) is 74.1 cm³/mol. The molecule has 4 heteroatoms. The Labute approximate surface area is 110 Å². The summed E-state index contributed by atoms with van der Waals surface area (Å²) >= 11 is 0. The molecule has 0 aliphatic rings. The van der Waals surface area contributed by atoms with Crippen molar-refractivity contribution >= 4 is 0 Å². The van der Waals surface area contributed by atoms with Crippen molar-refractivity contribution in [1.29, 1.82) is 0 Å². The lowest BCUT2D eigenvalue weighted by molar-refractivity contribution is 0.162. The SMILES string of the molecule is CCOCC.CCOCC.Oc1cccc(O)c1. The third kappa shape index (κ3) is 17.1. The van der Waals surface area contributed by atoms with Crippen LogP contribution in [0.5, 0.6) is 11.5 Å². The highest BCUT2D eigenvalue weighted by atomic mass is 16.5. The number of phenols is 2. The van der Waals surface area contributed by atoms with Crippen molar-refractivity contribution in [3.63, 3.8) is 0 Å². The first-order valence-electron chi connectivity index (χ1n) is 6.25. The van der Waals surface area contributed by atoms with Crippen LogP contribution in [0.3, 0.4) is 0 Å². The predicted octanol–water partition coefficient (Wildman–Crippen LogP) is 3.18. The Morgan fingerprint density at radius 3 is 1.22 bits per heavy atom. The minimum absolute atomic E-state index is 0.0880. The molecule has 1 aromatic carbocycles. The van der Waals surface area contributed by atoms with Crippen LogP contribution in [-0.4, -0.2) is 36.6 Å². The van der Waals surface area contributed by atoms with E-state index >= 15 is 0 Å². The highest BCUT2D eigenvalue weighted by Crippen LogP contribution is 2.14. The van der Waals surface area contributed by atoms with Gasteiger partial charge >= 0.3 is 0 Å². The minimum atomic E-state index is 0.0880. The molecule has 2 N–H and O–H groups in total. The van der Waals surface area contributed by atoms with E-state index in [1.165, 1.54) is 18.2 Å². The molecule has 0 aliphatic carbocycles. The highest BCUT2D eigenvalue weighted by Gasteiger charge is 1.85. The van der Waals surface area contributed by atoms with E-state index in [4.69, 9.17) is 19.7 Å². The van der Waals surface area contributed by atoms with Crippen LogP contribution in [0.2, 0.25) is 0 Å². The van der Waals surface area contributed by atoms with Crippen molar-refractivity contribution in [3.05, 3.63) is 24.3 Å². The van der Waals surface area contributed by atoms with Gasteiger partial charge in [0.15, 0.2) is 0 Å². The second-order valence-electron chi connectivity index (χ2n) is 3.08. The maximum atomic E-state index is 8.65. The van der Waals surface area contributed by atoms with Crippen LogP contribution >= 0.6 is 0 Å². The van der Waals surface area contributed by atoms with E-state index in [9.17, 15) is 0 Å². The number of phenolic OH excluding ortho intramolecular Hbond substituents is 2. The largest absolute Gasteiger partial charge is 0.508 e. The molecule has 0 bridgehead atoms. The van der Waals surface area contributed by atoms with Crippen molar-refractivity contribution in [3.8, 4) is 11.5 Å². The van der Waals surface area contributed by atoms with E-state index < -0.39 is 0 Å². The molecule has 0 spiro atoms. The van der Waals surface area contributed by atoms with Crippen molar-refractivity contribution in [2.45, 2.75) is 27.7 Å². The molecular formula is C14H26O4. The van der Waals surface area contributed by atoms with Crippen LogP contribution in [0.4, 0.5) is 0 Å². The normalized spacial score (nSPS) is 8.67. The number of ether oxygens (including phenoxy) is 2. The first kappa shape index (κ1) is 19.1. The summed E-state index contributed by atoms with van der Waals surface area (Å²) in [6, 6.07) is 5.85. The van der Waals surface area contributed by atoms with Gasteiger partial charge in [-0.3, -0.25) is 0 Å². The van der Waals surface area contributed by atoms with Crippen LogP contribution in [0.15, 0.2) is 24.3 Å². The fraction of sp³-hybridized carbons (Fsp3) is 0.571. The van der Waals surface area contributed by atoms with Gasteiger partial charge in [0, 0.05) is 32.5 Å². The number of rotatable bonds is 4. The topological polar surface area (TPSA) is 58.9 Å². The van der Waals surface area contributed by atoms with Gasteiger partial charge in [-0.15, -0.1) is 0 Å². The van der Waals surface area contributed by atoms with Crippen molar-refractivity contribution < 1.29 is 19.7 Å². The Morgan fingerprint density at radius 1 is 0.778 bits per heavy atom. The molecule has 0 heterocycles. The third-order valence-corrected chi connectivity index (χ3v) is 1.65. The highest BCUT2D eigenvalue weighted by molar-refractivity contribution is 5.30. The fourth-order valence-corrected chi connectivity index (χ4v) is 0.901. The Morgan fingerprint density at radius 2 is 1.11 bits per heavy atom. The van der Waals surface area contributed by atoms with Gasteiger partial charge < -0.3 is 19.7 Å². The lowest BCUT2D eigenvalue weighted by atomic mass is 10.3. The summed E-state index contributed by atoms with van der Waals surface area (Å²) in [6.07, 6.45) is 0. The molecule has 0 saturated carbocycles. The van der Waals surface area contributed by atoms with E-state index in [0.29, 0.717) is 0 Å². The van der Waals surface area contributed by atoms with Gasteiger partial charge in [-0.05, 0) is 39.8 Å². The van der Waals surface area contributed by atoms with Gasteiger partial charge in [-0.1, -0.05) is 6.07 Å². The molecule has 0 radical (unpaired) electrons.